The Morgan fingerprint density at radius 2 is 0.595 bits per heavy atom. The van der Waals surface area contributed by atoms with Gasteiger partial charge in [-0.25, -0.2) is 0 Å². The van der Waals surface area contributed by atoms with E-state index < -0.39 is 0 Å². The number of unbranched alkanes of at least 4 members (excludes halogenated alkanes) is 4. The smallest absolute Gasteiger partial charge is 0.250 e. The maximum atomic E-state index is 11.4. The summed E-state index contributed by atoms with van der Waals surface area (Å²) in [6, 6.07) is 28.8. The lowest BCUT2D eigenvalue weighted by Crippen LogP contribution is -2.35. The Morgan fingerprint density at radius 3 is 0.881 bits per heavy atom. The van der Waals surface area contributed by atoms with Crippen molar-refractivity contribution in [3.8, 4) is 0 Å². The second-order valence-electron chi connectivity index (χ2n) is 17.3. The molecule has 0 heterocycles. The van der Waals surface area contributed by atoms with Crippen LogP contribution in [0.1, 0.15) is 63.5 Å². The summed E-state index contributed by atoms with van der Waals surface area (Å²) >= 11 is 0. The van der Waals surface area contributed by atoms with Crippen LogP contribution in [0, 0.1) is 0 Å². The summed E-state index contributed by atoms with van der Waals surface area (Å²) in [4.78, 5) is 110. The maximum absolute atomic E-state index is 11.4. The summed E-state index contributed by atoms with van der Waals surface area (Å²) < 4.78 is 0. The number of rotatable bonds is 28. The van der Waals surface area contributed by atoms with Gasteiger partial charge in [0.25, 0.3) is 11.8 Å². The van der Waals surface area contributed by atoms with Gasteiger partial charge >= 0.3 is 0 Å². The lowest BCUT2D eigenvalue weighted by molar-refractivity contribution is -0.119. The van der Waals surface area contributed by atoms with E-state index in [1.807, 2.05) is 48.5 Å². The van der Waals surface area contributed by atoms with Crippen LogP contribution in [-0.4, -0.2) is 72.2 Å². The Bertz CT molecular complexity index is 2760. The SMILES string of the molecule is C=C(C)C(=O)Nc1ccc(NC(=O)C(=C)C)cc1.C=CC(=O)CCCCCCCNC(=O)C=C.C=CC(=O)NCNC(=O)C=C.C=CC(=O)Nc1ccc(Cc2ccc(NC(=O)C=C)cc2)cc1.C=CC(=O)Nc1ccc(NC(=O)C=C)cc1. The van der Waals surface area contributed by atoms with Crippen LogP contribution in [-0.2, 0) is 54.4 Å². The van der Waals surface area contributed by atoms with Crippen molar-refractivity contribution in [3.05, 3.63) is 234 Å². The van der Waals surface area contributed by atoms with E-state index in [4.69, 9.17) is 0 Å². The first-order valence-electron chi connectivity index (χ1n) is 26.0. The normalized spacial score (nSPS) is 9.26. The number of ketones is 1. The van der Waals surface area contributed by atoms with Gasteiger partial charge in [-0.15, -0.1) is 0 Å². The second kappa shape index (κ2) is 44.0. The van der Waals surface area contributed by atoms with Crippen molar-refractivity contribution in [2.45, 2.75) is 58.8 Å². The highest BCUT2D eigenvalue weighted by molar-refractivity contribution is 6.05. The molecule has 4 aromatic carbocycles. The molecule has 19 nitrogen and oxygen atoms in total. The van der Waals surface area contributed by atoms with Gasteiger partial charge in [0.1, 0.15) is 0 Å². The minimum atomic E-state index is -0.325. The first kappa shape index (κ1) is 73.2. The Hall–Kier alpha value is -10.8. The van der Waals surface area contributed by atoms with Gasteiger partial charge in [0, 0.05) is 58.2 Å². The van der Waals surface area contributed by atoms with E-state index in [1.165, 1.54) is 36.5 Å². The molecule has 0 fully saturated rings. The molecule has 0 aromatic heterocycles. The largest absolute Gasteiger partial charge is 0.353 e. The minimum absolute atomic E-state index is 0.0930. The van der Waals surface area contributed by atoms with Gasteiger partial charge in [0.05, 0.1) is 6.67 Å². The van der Waals surface area contributed by atoms with Crippen molar-refractivity contribution in [2.24, 2.45) is 0 Å². The van der Waals surface area contributed by atoms with Crippen molar-refractivity contribution in [3.63, 3.8) is 0 Å². The van der Waals surface area contributed by atoms with Gasteiger partial charge in [-0.3, -0.25) is 47.9 Å². The number of anilines is 6. The fourth-order valence-corrected chi connectivity index (χ4v) is 5.87. The standard InChI is InChI=1S/C19H18N2O2.C14H16N2O2.C13H21NO2.C12H12N2O2.C7H10N2O2/c1-3-18(22)20-16-9-5-14(6-10-16)13-15-7-11-17(12-8-15)21-19(23)4-2;1-9(2)13(17)15-11-5-7-12(8-6-11)16-14(18)10(3)4;1-3-12(15)10-8-6-5-7-9-11-14-13(16)4-2;1-3-11(15)13-9-5-7-10(8-6-9)14-12(16)4-2;1-3-6(10)8-5-9-7(11)4-2/h3-12H,1-2,13H2,(H,20,22)(H,21,23);5-8H,1,3H2,2,4H3,(H,15,17)(H,16,18);3-4H,1-2,5-11H2,(H,14,16);3-8H,1-2H2,(H,13,15)(H,14,16);3-4H,1-2,5H2,(H,8,10)(H,9,11). The quantitative estimate of drug-likeness (QED) is 0.0147. The predicted octanol–water partition coefficient (Wildman–Crippen LogP) is 10.1. The van der Waals surface area contributed by atoms with E-state index in [1.54, 1.807) is 62.4 Å². The summed E-state index contributed by atoms with van der Waals surface area (Å²) in [5.74, 6) is -2.10. The molecule has 0 aliphatic heterocycles. The fraction of sp³-hybridized carbons (Fsp3) is 0.169. The molecule has 0 saturated heterocycles. The molecule has 0 aliphatic rings. The zero-order chi connectivity index (χ0) is 63.2. The average Bonchev–Trinajstić information content (AvgIpc) is 3.49. The van der Waals surface area contributed by atoms with Crippen LogP contribution in [0.25, 0.3) is 0 Å². The summed E-state index contributed by atoms with van der Waals surface area (Å²) in [7, 11) is 0. The summed E-state index contributed by atoms with van der Waals surface area (Å²) in [5, 5.41) is 23.4. The molecule has 9 N–H and O–H groups in total. The number of hydrogen-bond donors (Lipinski definition) is 9. The molecule has 0 bridgehead atoms. The molecule has 0 aliphatic carbocycles. The number of carbonyl (C=O) groups excluding carboxylic acids is 10. The zero-order valence-electron chi connectivity index (χ0n) is 47.9. The first-order chi connectivity index (χ1) is 40.1. The molecule has 0 atom stereocenters. The average molecular weight is 1140 g/mol. The van der Waals surface area contributed by atoms with Crippen molar-refractivity contribution in [2.75, 3.05) is 45.1 Å². The van der Waals surface area contributed by atoms with E-state index >= 15 is 0 Å². The van der Waals surface area contributed by atoms with Crippen molar-refractivity contribution in [1.29, 1.82) is 0 Å². The van der Waals surface area contributed by atoms with Crippen LogP contribution in [0.3, 0.4) is 0 Å². The topological polar surface area (TPSA) is 279 Å². The molecule has 4 rings (SSSR count). The summed E-state index contributed by atoms with van der Waals surface area (Å²) in [6.07, 6.45) is 16.3. The number of allylic oxidation sites excluding steroid dienone is 1. The van der Waals surface area contributed by atoms with E-state index in [0.717, 1.165) is 73.2 Å². The van der Waals surface area contributed by atoms with Gasteiger partial charge in [-0.1, -0.05) is 109 Å². The highest BCUT2D eigenvalue weighted by Gasteiger charge is 2.06. The molecule has 0 spiro atoms. The van der Waals surface area contributed by atoms with Gasteiger partial charge in [-0.05, 0) is 166 Å². The first-order valence-corrected chi connectivity index (χ1v) is 26.0. The lowest BCUT2D eigenvalue weighted by atomic mass is 10.0. The molecule has 0 radical (unpaired) electrons. The van der Waals surface area contributed by atoms with E-state index in [0.29, 0.717) is 46.9 Å². The van der Waals surface area contributed by atoms with Crippen LogP contribution in [0.2, 0.25) is 0 Å². The van der Waals surface area contributed by atoms with E-state index in [2.05, 4.69) is 114 Å². The molecule has 0 unspecified atom stereocenters. The van der Waals surface area contributed by atoms with Crippen LogP contribution >= 0.6 is 0 Å². The monoisotopic (exact) mass is 1140 g/mol. The van der Waals surface area contributed by atoms with E-state index in [-0.39, 0.29) is 65.6 Å². The third kappa shape index (κ3) is 36.4. The third-order valence-corrected chi connectivity index (χ3v) is 10.4. The number of amides is 9. The van der Waals surface area contributed by atoms with Crippen LogP contribution < -0.4 is 47.9 Å². The zero-order valence-corrected chi connectivity index (χ0v) is 47.9. The minimum Gasteiger partial charge on any atom is -0.353 e. The molecule has 84 heavy (non-hydrogen) atoms. The van der Waals surface area contributed by atoms with Crippen LogP contribution in [0.5, 0.6) is 0 Å². The Kier molecular flexibility index (Phi) is 38.3. The maximum Gasteiger partial charge on any atom is 0.250 e. The highest BCUT2D eigenvalue weighted by Crippen LogP contribution is 2.18. The second-order valence-corrected chi connectivity index (χ2v) is 17.3. The van der Waals surface area contributed by atoms with Crippen LogP contribution in [0.4, 0.5) is 34.1 Å². The van der Waals surface area contributed by atoms with Gasteiger partial charge in [-0.2, -0.15) is 0 Å². The molecule has 4 aromatic rings. The number of carbonyl (C=O) groups is 10. The van der Waals surface area contributed by atoms with Gasteiger partial charge < -0.3 is 47.9 Å². The Morgan fingerprint density at radius 1 is 0.333 bits per heavy atom. The van der Waals surface area contributed by atoms with Gasteiger partial charge in [0.15, 0.2) is 5.78 Å². The van der Waals surface area contributed by atoms with Crippen molar-refractivity contribution in [1.82, 2.24) is 16.0 Å². The Balaban J connectivity index is 0.00000105. The number of hydrogen-bond acceptors (Lipinski definition) is 10. The summed E-state index contributed by atoms with van der Waals surface area (Å²) in [5.41, 5.74) is 7.19. The van der Waals surface area contributed by atoms with Crippen molar-refractivity contribution < 1.29 is 47.9 Å². The molecular weight excluding hydrogens is 1070 g/mol. The van der Waals surface area contributed by atoms with Crippen molar-refractivity contribution >= 4 is 93.1 Å². The lowest BCUT2D eigenvalue weighted by Gasteiger charge is -2.07. The fourth-order valence-electron chi connectivity index (χ4n) is 5.87. The number of benzene rings is 4. The summed E-state index contributed by atoms with van der Waals surface area (Å²) in [6.45, 7) is 38.0. The number of nitrogens with one attached hydrogen (secondary N) is 9. The molecule has 19 heteroatoms. The molecule has 442 valence electrons. The molecular formula is C65H77N9O10. The molecule has 9 amide bonds. The van der Waals surface area contributed by atoms with E-state index in [9.17, 15) is 47.9 Å². The predicted molar refractivity (Wildman–Crippen MR) is 338 cm³/mol. The highest BCUT2D eigenvalue weighted by atomic mass is 16.2. The third-order valence-electron chi connectivity index (χ3n) is 10.4. The van der Waals surface area contributed by atoms with Crippen LogP contribution in [0.15, 0.2) is 223 Å². The molecule has 0 saturated carbocycles. The van der Waals surface area contributed by atoms with Gasteiger partial charge in [0.2, 0.25) is 41.4 Å². The Labute approximate surface area is 492 Å².